The summed E-state index contributed by atoms with van der Waals surface area (Å²) in [5.41, 5.74) is 2.73. The lowest BCUT2D eigenvalue weighted by molar-refractivity contribution is 0.955. The predicted molar refractivity (Wildman–Crippen MR) is 83.4 cm³/mol. The smallest absolute Gasteiger partial charge is 0.175 e. The lowest BCUT2D eigenvalue weighted by Gasteiger charge is -1.94. The Kier molecular flexibility index (Phi) is 3.96. The third-order valence-corrected chi connectivity index (χ3v) is 5.87. The van der Waals surface area contributed by atoms with Crippen molar-refractivity contribution in [3.8, 4) is 6.07 Å². The zero-order valence-corrected chi connectivity index (χ0v) is 13.1. The molecule has 0 amide bonds. The van der Waals surface area contributed by atoms with Crippen LogP contribution in [-0.4, -0.2) is 20.9 Å². The summed E-state index contributed by atoms with van der Waals surface area (Å²) in [5, 5.41) is 17.5. The van der Waals surface area contributed by atoms with E-state index in [1.54, 1.807) is 34.9 Å². The summed E-state index contributed by atoms with van der Waals surface area (Å²) < 4.78 is 3.89. The fourth-order valence-electron chi connectivity index (χ4n) is 1.89. The summed E-state index contributed by atoms with van der Waals surface area (Å²) in [6.07, 6.45) is 5.96. The molecule has 100 valence electrons. The highest BCUT2D eigenvalue weighted by Crippen LogP contribution is 2.31. The topological polar surface area (TPSA) is 54.0 Å². The molecule has 0 saturated heterocycles. The van der Waals surface area contributed by atoms with E-state index in [1.165, 1.54) is 0 Å². The number of rotatable bonds is 4. The van der Waals surface area contributed by atoms with Gasteiger partial charge in [0.25, 0.3) is 0 Å². The highest BCUT2D eigenvalue weighted by atomic mass is 32.2. The Morgan fingerprint density at radius 1 is 1.35 bits per heavy atom. The third-order valence-electron chi connectivity index (χ3n) is 2.79. The molecule has 0 saturated carbocycles. The van der Waals surface area contributed by atoms with Crippen molar-refractivity contribution >= 4 is 40.4 Å². The maximum absolute atomic E-state index is 9.34. The number of nitrogens with zero attached hydrogens (tertiary/aromatic N) is 4. The Hall–Kier alpha value is -1.49. The van der Waals surface area contributed by atoms with Crippen LogP contribution in [0.25, 0.3) is 5.52 Å². The molecule has 0 spiro atoms. The van der Waals surface area contributed by atoms with E-state index >= 15 is 0 Å². The SMILES string of the molecule is CSc1nnc(SCc2cn3ccccc3c2C#N)s1. The van der Waals surface area contributed by atoms with Crippen LogP contribution in [0.4, 0.5) is 0 Å². The zero-order chi connectivity index (χ0) is 13.9. The van der Waals surface area contributed by atoms with Gasteiger partial charge in [0.05, 0.1) is 11.1 Å². The summed E-state index contributed by atoms with van der Waals surface area (Å²) in [7, 11) is 0. The molecule has 0 aliphatic rings. The van der Waals surface area contributed by atoms with Crippen molar-refractivity contribution < 1.29 is 0 Å². The number of pyridine rings is 1. The fraction of sp³-hybridized carbons (Fsp3) is 0.154. The van der Waals surface area contributed by atoms with Crippen molar-refractivity contribution in [3.63, 3.8) is 0 Å². The van der Waals surface area contributed by atoms with Crippen molar-refractivity contribution in [1.82, 2.24) is 14.6 Å². The van der Waals surface area contributed by atoms with Crippen LogP contribution in [0.5, 0.6) is 0 Å². The van der Waals surface area contributed by atoms with Gasteiger partial charge >= 0.3 is 0 Å². The number of nitriles is 1. The molecule has 0 aliphatic heterocycles. The van der Waals surface area contributed by atoms with Gasteiger partial charge in [0.15, 0.2) is 8.68 Å². The summed E-state index contributed by atoms with van der Waals surface area (Å²) in [5.74, 6) is 0.730. The third kappa shape index (κ3) is 2.54. The summed E-state index contributed by atoms with van der Waals surface area (Å²) in [4.78, 5) is 0. The van der Waals surface area contributed by atoms with Gasteiger partial charge in [0, 0.05) is 18.1 Å². The number of aromatic nitrogens is 3. The molecule has 20 heavy (non-hydrogen) atoms. The minimum Gasteiger partial charge on any atom is -0.322 e. The van der Waals surface area contributed by atoms with Crippen molar-refractivity contribution in [2.75, 3.05) is 6.26 Å². The normalized spacial score (nSPS) is 10.8. The van der Waals surface area contributed by atoms with Crippen molar-refractivity contribution in [2.24, 2.45) is 0 Å². The Balaban J connectivity index is 1.85. The molecule has 0 atom stereocenters. The average Bonchev–Trinajstić information content (AvgIpc) is 3.08. The Morgan fingerprint density at radius 3 is 2.95 bits per heavy atom. The lowest BCUT2D eigenvalue weighted by Crippen LogP contribution is -1.81. The van der Waals surface area contributed by atoms with Gasteiger partial charge in [-0.2, -0.15) is 5.26 Å². The molecular formula is C13H10N4S3. The summed E-state index contributed by atoms with van der Waals surface area (Å²) >= 11 is 4.81. The van der Waals surface area contributed by atoms with Gasteiger partial charge in [-0.3, -0.25) is 0 Å². The van der Waals surface area contributed by atoms with Crippen LogP contribution < -0.4 is 0 Å². The first-order chi connectivity index (χ1) is 9.81. The van der Waals surface area contributed by atoms with Crippen LogP contribution in [-0.2, 0) is 5.75 Å². The van der Waals surface area contributed by atoms with Gasteiger partial charge < -0.3 is 4.40 Å². The van der Waals surface area contributed by atoms with Crippen molar-refractivity contribution in [2.45, 2.75) is 14.4 Å². The van der Waals surface area contributed by atoms with Gasteiger partial charge in [-0.1, -0.05) is 40.9 Å². The second-order valence-corrected chi connectivity index (χ2v) is 7.21. The molecule has 0 fully saturated rings. The predicted octanol–water partition coefficient (Wildman–Crippen LogP) is 3.68. The van der Waals surface area contributed by atoms with Gasteiger partial charge in [-0.05, 0) is 24.0 Å². The fourth-order valence-corrected chi connectivity index (χ4v) is 4.30. The molecule has 0 aliphatic carbocycles. The first-order valence-electron chi connectivity index (χ1n) is 5.81. The first kappa shape index (κ1) is 13.5. The molecule has 0 unspecified atom stereocenters. The van der Waals surface area contributed by atoms with Gasteiger partial charge in [-0.25, -0.2) is 0 Å². The van der Waals surface area contributed by atoms with E-state index in [0.717, 1.165) is 31.1 Å². The standard InChI is InChI=1S/C13H10N4S3/c1-18-12-15-16-13(20-12)19-8-9-7-17-5-3-2-4-11(17)10(9)6-14/h2-5,7H,8H2,1H3. The maximum atomic E-state index is 9.34. The molecule has 0 radical (unpaired) electrons. The maximum Gasteiger partial charge on any atom is 0.175 e. The highest BCUT2D eigenvalue weighted by molar-refractivity contribution is 8.02. The van der Waals surface area contributed by atoms with Crippen LogP contribution in [0.15, 0.2) is 39.3 Å². The molecule has 4 nitrogen and oxygen atoms in total. The number of thioether (sulfide) groups is 2. The molecule has 3 rings (SSSR count). The Bertz CT molecular complexity index is 784. The van der Waals surface area contributed by atoms with Gasteiger partial charge in [0.2, 0.25) is 0 Å². The molecule has 0 N–H and O–H groups in total. The van der Waals surface area contributed by atoms with E-state index < -0.39 is 0 Å². The van der Waals surface area contributed by atoms with E-state index in [4.69, 9.17) is 0 Å². The van der Waals surface area contributed by atoms with Crippen molar-refractivity contribution in [3.05, 3.63) is 41.7 Å². The summed E-state index contributed by atoms with van der Waals surface area (Å²) in [6.45, 7) is 0. The lowest BCUT2D eigenvalue weighted by atomic mass is 10.2. The van der Waals surface area contributed by atoms with E-state index in [0.29, 0.717) is 0 Å². The zero-order valence-electron chi connectivity index (χ0n) is 10.6. The van der Waals surface area contributed by atoms with Crippen molar-refractivity contribution in [1.29, 1.82) is 5.26 Å². The largest absolute Gasteiger partial charge is 0.322 e. The van der Waals surface area contributed by atoms with E-state index in [2.05, 4.69) is 16.3 Å². The van der Waals surface area contributed by atoms with Crippen LogP contribution >= 0.6 is 34.9 Å². The molecule has 0 aromatic carbocycles. The van der Waals surface area contributed by atoms with Crippen LogP contribution in [0.2, 0.25) is 0 Å². The minimum atomic E-state index is 0.730. The van der Waals surface area contributed by atoms with E-state index in [1.807, 2.05) is 41.2 Å². The molecule has 3 aromatic rings. The van der Waals surface area contributed by atoms with E-state index in [9.17, 15) is 5.26 Å². The van der Waals surface area contributed by atoms with Crippen LogP contribution in [0.3, 0.4) is 0 Å². The highest BCUT2D eigenvalue weighted by Gasteiger charge is 2.11. The molecular weight excluding hydrogens is 308 g/mol. The molecule has 3 heterocycles. The average molecular weight is 318 g/mol. The minimum absolute atomic E-state index is 0.730. The van der Waals surface area contributed by atoms with Crippen LogP contribution in [0, 0.1) is 11.3 Å². The number of hydrogen-bond donors (Lipinski definition) is 0. The monoisotopic (exact) mass is 318 g/mol. The molecule has 3 aromatic heterocycles. The second-order valence-electron chi connectivity index (χ2n) is 3.96. The molecule has 0 bridgehead atoms. The van der Waals surface area contributed by atoms with Gasteiger partial charge in [0.1, 0.15) is 6.07 Å². The van der Waals surface area contributed by atoms with Gasteiger partial charge in [-0.15, -0.1) is 10.2 Å². The number of hydrogen-bond acceptors (Lipinski definition) is 6. The summed E-state index contributed by atoms with van der Waals surface area (Å²) in [6, 6.07) is 8.17. The number of fused-ring (bicyclic) bond motifs is 1. The molecule has 7 heteroatoms. The first-order valence-corrected chi connectivity index (χ1v) is 8.83. The Labute approximate surface area is 128 Å². The van der Waals surface area contributed by atoms with Crippen LogP contribution in [0.1, 0.15) is 11.1 Å². The van der Waals surface area contributed by atoms with E-state index in [-0.39, 0.29) is 0 Å². The Morgan fingerprint density at radius 2 is 2.20 bits per heavy atom. The quantitative estimate of drug-likeness (QED) is 0.687. The second kappa shape index (κ2) is 5.87.